The summed E-state index contributed by atoms with van der Waals surface area (Å²) in [5, 5.41) is 6.45. The minimum atomic E-state index is -0.398. The van der Waals surface area contributed by atoms with Crippen molar-refractivity contribution in [3.8, 4) is 5.75 Å². The summed E-state index contributed by atoms with van der Waals surface area (Å²) in [7, 11) is 0. The van der Waals surface area contributed by atoms with Crippen LogP contribution in [0.15, 0.2) is 23.7 Å². The van der Waals surface area contributed by atoms with Crippen molar-refractivity contribution >= 4 is 22.9 Å². The average molecular weight is 345 g/mol. The van der Waals surface area contributed by atoms with Gasteiger partial charge in [-0.3, -0.25) is 4.79 Å². The first-order valence-corrected chi connectivity index (χ1v) is 9.20. The molecule has 0 fully saturated rings. The molecule has 0 saturated heterocycles. The van der Waals surface area contributed by atoms with Crippen molar-refractivity contribution in [2.75, 3.05) is 11.9 Å². The molecule has 1 aromatic carbocycles. The van der Waals surface area contributed by atoms with Gasteiger partial charge in [0.25, 0.3) is 5.91 Å². The molecule has 0 aliphatic carbocycles. The third kappa shape index (κ3) is 3.60. The fourth-order valence-electron chi connectivity index (χ4n) is 2.78. The summed E-state index contributed by atoms with van der Waals surface area (Å²) >= 11 is 1.71. The zero-order valence-corrected chi connectivity index (χ0v) is 15.1. The van der Waals surface area contributed by atoms with Gasteiger partial charge in [0.2, 0.25) is 0 Å². The molecule has 1 aromatic heterocycles. The van der Waals surface area contributed by atoms with Crippen molar-refractivity contribution < 1.29 is 9.53 Å². The summed E-state index contributed by atoms with van der Waals surface area (Å²) in [5.41, 5.74) is 4.92. The number of hydrogen-bond donors (Lipinski definition) is 2. The van der Waals surface area contributed by atoms with Crippen LogP contribution in [0, 0.1) is 6.92 Å². The maximum atomic E-state index is 11.8. The van der Waals surface area contributed by atoms with Gasteiger partial charge in [-0.2, -0.15) is 0 Å². The number of amides is 1. The molecule has 0 bridgehead atoms. The van der Waals surface area contributed by atoms with Crippen molar-refractivity contribution in [1.29, 1.82) is 0 Å². The van der Waals surface area contributed by atoms with Crippen LogP contribution in [-0.4, -0.2) is 23.5 Å². The third-order valence-electron chi connectivity index (χ3n) is 4.34. The quantitative estimate of drug-likeness (QED) is 0.842. The highest BCUT2D eigenvalue weighted by molar-refractivity contribution is 7.09. The van der Waals surface area contributed by atoms with Gasteiger partial charge in [-0.15, -0.1) is 11.3 Å². The highest BCUT2D eigenvalue weighted by atomic mass is 32.1. The third-order valence-corrected chi connectivity index (χ3v) is 5.34. The second-order valence-electron chi connectivity index (χ2n) is 6.05. The van der Waals surface area contributed by atoms with Gasteiger partial charge in [0.05, 0.1) is 16.9 Å². The van der Waals surface area contributed by atoms with E-state index in [2.05, 4.69) is 29.5 Å². The zero-order chi connectivity index (χ0) is 17.1. The molecule has 0 radical (unpaired) electrons. The van der Waals surface area contributed by atoms with Crippen LogP contribution >= 0.6 is 11.3 Å². The SMILES string of the molecule is CC[C@H]1Oc2cc([C@@H](C)NCCc3scnc3C)ccc2NC1=O. The summed E-state index contributed by atoms with van der Waals surface area (Å²) in [6.45, 7) is 7.04. The molecule has 0 spiro atoms. The highest BCUT2D eigenvalue weighted by Crippen LogP contribution is 2.33. The minimum Gasteiger partial charge on any atom is -0.478 e. The van der Waals surface area contributed by atoms with Gasteiger partial charge < -0.3 is 15.4 Å². The van der Waals surface area contributed by atoms with Gasteiger partial charge in [0.15, 0.2) is 6.10 Å². The van der Waals surface area contributed by atoms with Crippen LogP contribution in [0.2, 0.25) is 0 Å². The summed E-state index contributed by atoms with van der Waals surface area (Å²) in [6, 6.07) is 6.18. The molecule has 0 saturated carbocycles. The number of hydrogen-bond acceptors (Lipinski definition) is 5. The van der Waals surface area contributed by atoms with E-state index in [0.717, 1.165) is 35.7 Å². The molecule has 2 N–H and O–H groups in total. The van der Waals surface area contributed by atoms with Crippen LogP contribution in [-0.2, 0) is 11.2 Å². The predicted molar refractivity (Wildman–Crippen MR) is 96.8 cm³/mol. The Kier molecular flexibility index (Phi) is 5.16. The number of benzene rings is 1. The Labute approximate surface area is 146 Å². The lowest BCUT2D eigenvalue weighted by atomic mass is 10.1. The predicted octanol–water partition coefficient (Wildman–Crippen LogP) is 3.45. The largest absolute Gasteiger partial charge is 0.478 e. The molecular weight excluding hydrogens is 322 g/mol. The molecule has 1 aliphatic heterocycles. The van der Waals surface area contributed by atoms with E-state index in [1.807, 2.05) is 30.6 Å². The molecule has 2 aromatic rings. The van der Waals surface area contributed by atoms with Crippen LogP contribution in [0.3, 0.4) is 0 Å². The Morgan fingerprint density at radius 1 is 1.46 bits per heavy atom. The van der Waals surface area contributed by atoms with E-state index in [0.29, 0.717) is 6.42 Å². The molecule has 5 nitrogen and oxygen atoms in total. The average Bonchev–Trinajstić information content (AvgIpc) is 2.99. The zero-order valence-electron chi connectivity index (χ0n) is 14.3. The second-order valence-corrected chi connectivity index (χ2v) is 6.99. The van der Waals surface area contributed by atoms with Crippen molar-refractivity contribution in [2.45, 2.75) is 45.8 Å². The van der Waals surface area contributed by atoms with Crippen molar-refractivity contribution in [3.05, 3.63) is 39.8 Å². The Morgan fingerprint density at radius 2 is 2.29 bits per heavy atom. The Morgan fingerprint density at radius 3 is 3.00 bits per heavy atom. The Balaban J connectivity index is 1.62. The van der Waals surface area contributed by atoms with Crippen LogP contribution in [0.25, 0.3) is 0 Å². The Hall–Kier alpha value is -1.92. The first kappa shape index (κ1) is 16.9. The molecule has 2 heterocycles. The summed E-state index contributed by atoms with van der Waals surface area (Å²) in [4.78, 5) is 17.4. The van der Waals surface area contributed by atoms with Gasteiger partial charge in [-0.05, 0) is 44.4 Å². The smallest absolute Gasteiger partial charge is 0.265 e. The number of thiazole rings is 1. The summed E-state index contributed by atoms with van der Waals surface area (Å²) in [6.07, 6.45) is 1.25. The second kappa shape index (κ2) is 7.32. The van der Waals surface area contributed by atoms with Gasteiger partial charge >= 0.3 is 0 Å². The van der Waals surface area contributed by atoms with E-state index in [-0.39, 0.29) is 11.9 Å². The lowest BCUT2D eigenvalue weighted by molar-refractivity contribution is -0.123. The maximum Gasteiger partial charge on any atom is 0.265 e. The summed E-state index contributed by atoms with van der Waals surface area (Å²) in [5.74, 6) is 0.690. The molecule has 3 rings (SSSR count). The minimum absolute atomic E-state index is 0.0659. The molecule has 1 amide bonds. The number of nitrogens with one attached hydrogen (secondary N) is 2. The number of nitrogens with zero attached hydrogens (tertiary/aromatic N) is 1. The lowest BCUT2D eigenvalue weighted by Crippen LogP contribution is -2.36. The number of rotatable bonds is 6. The van der Waals surface area contributed by atoms with E-state index in [9.17, 15) is 4.79 Å². The number of aromatic nitrogens is 1. The number of ether oxygens (including phenoxy) is 1. The van der Waals surface area contributed by atoms with E-state index in [1.54, 1.807) is 11.3 Å². The monoisotopic (exact) mass is 345 g/mol. The highest BCUT2D eigenvalue weighted by Gasteiger charge is 2.26. The number of carbonyl (C=O) groups excluding carboxylic acids is 1. The van der Waals surface area contributed by atoms with Crippen LogP contribution < -0.4 is 15.4 Å². The van der Waals surface area contributed by atoms with Gasteiger partial charge in [0.1, 0.15) is 5.75 Å². The van der Waals surface area contributed by atoms with E-state index in [1.165, 1.54) is 4.88 Å². The van der Waals surface area contributed by atoms with Crippen molar-refractivity contribution in [2.24, 2.45) is 0 Å². The fraction of sp³-hybridized carbons (Fsp3) is 0.444. The van der Waals surface area contributed by atoms with Gasteiger partial charge in [0, 0.05) is 17.5 Å². The number of aryl methyl sites for hydroxylation is 1. The van der Waals surface area contributed by atoms with Gasteiger partial charge in [-0.25, -0.2) is 4.98 Å². The van der Waals surface area contributed by atoms with Crippen LogP contribution in [0.1, 0.15) is 42.4 Å². The molecule has 0 unspecified atom stereocenters. The normalized spacial score (nSPS) is 17.8. The molecular formula is C18H23N3O2S. The van der Waals surface area contributed by atoms with E-state index >= 15 is 0 Å². The van der Waals surface area contributed by atoms with E-state index < -0.39 is 6.10 Å². The Bertz CT molecular complexity index is 729. The molecule has 6 heteroatoms. The molecule has 2 atom stereocenters. The lowest BCUT2D eigenvalue weighted by Gasteiger charge is -2.26. The molecule has 1 aliphatic rings. The number of fused-ring (bicyclic) bond motifs is 1. The standard InChI is InChI=1S/C18H23N3O2S/c1-4-15-18(22)21-14-6-5-13(9-16(14)23-15)11(2)19-8-7-17-12(3)20-10-24-17/h5-6,9-11,15,19H,4,7-8H2,1-3H3,(H,21,22)/t11-,15-/m1/s1. The van der Waals surface area contributed by atoms with Crippen LogP contribution in [0.4, 0.5) is 5.69 Å². The van der Waals surface area contributed by atoms with Crippen molar-refractivity contribution in [3.63, 3.8) is 0 Å². The molecule has 24 heavy (non-hydrogen) atoms. The van der Waals surface area contributed by atoms with Crippen molar-refractivity contribution in [1.82, 2.24) is 10.3 Å². The topological polar surface area (TPSA) is 63.2 Å². The first-order valence-electron chi connectivity index (χ1n) is 8.32. The summed E-state index contributed by atoms with van der Waals surface area (Å²) < 4.78 is 5.82. The maximum absolute atomic E-state index is 11.8. The number of carbonyl (C=O) groups is 1. The molecule has 128 valence electrons. The first-order chi connectivity index (χ1) is 11.6. The van der Waals surface area contributed by atoms with E-state index in [4.69, 9.17) is 4.74 Å². The number of anilines is 1. The van der Waals surface area contributed by atoms with Gasteiger partial charge in [-0.1, -0.05) is 13.0 Å². The fourth-order valence-corrected chi connectivity index (χ4v) is 3.57. The van der Waals surface area contributed by atoms with Crippen LogP contribution in [0.5, 0.6) is 5.75 Å².